The van der Waals surface area contributed by atoms with Crippen LogP contribution in [0.5, 0.6) is 0 Å². The van der Waals surface area contributed by atoms with Crippen molar-refractivity contribution in [3.05, 3.63) is 24.5 Å². The molecular weight excluding hydrogens is 304 g/mol. The van der Waals surface area contributed by atoms with Crippen LogP contribution in [0.15, 0.2) is 24.5 Å². The molecule has 0 aliphatic carbocycles. The molecule has 0 spiro atoms. The molecule has 1 aliphatic heterocycles. The van der Waals surface area contributed by atoms with Gasteiger partial charge in [0.15, 0.2) is 6.29 Å². The molecule has 4 heteroatoms. The van der Waals surface area contributed by atoms with Crippen LogP contribution in [0, 0.1) is 5.92 Å². The molecule has 0 amide bonds. The molecule has 1 heterocycles. The summed E-state index contributed by atoms with van der Waals surface area (Å²) in [6.45, 7) is 11.4. The number of ether oxygens (including phenoxy) is 3. The number of aliphatic hydroxyl groups excluding tert-OH is 1. The molecule has 0 aromatic rings. The zero-order valence-corrected chi connectivity index (χ0v) is 15.7. The van der Waals surface area contributed by atoms with E-state index in [9.17, 15) is 5.11 Å². The van der Waals surface area contributed by atoms with Gasteiger partial charge in [-0.2, -0.15) is 0 Å². The van der Waals surface area contributed by atoms with Crippen LogP contribution in [0.25, 0.3) is 0 Å². The number of unbranched alkanes of at least 4 members (excludes halogenated alkanes) is 3. The van der Waals surface area contributed by atoms with E-state index in [1.165, 1.54) is 19.3 Å². The maximum absolute atomic E-state index is 9.55. The summed E-state index contributed by atoms with van der Waals surface area (Å²) in [5.41, 5.74) is 0. The zero-order chi connectivity index (χ0) is 17.8. The highest BCUT2D eigenvalue weighted by Crippen LogP contribution is 2.23. The first kappa shape index (κ1) is 21.2. The number of rotatable bonds is 12. The molecule has 1 fully saturated rings. The largest absolute Gasteiger partial charge is 0.494 e. The van der Waals surface area contributed by atoms with Gasteiger partial charge in [0.2, 0.25) is 0 Å². The quantitative estimate of drug-likeness (QED) is 0.321. The average Bonchev–Trinajstić information content (AvgIpc) is 2.54. The maximum Gasteiger partial charge on any atom is 0.160 e. The topological polar surface area (TPSA) is 47.9 Å². The Morgan fingerprint density at radius 3 is 2.88 bits per heavy atom. The Balaban J connectivity index is 2.09. The zero-order valence-electron chi connectivity index (χ0n) is 15.7. The minimum atomic E-state index is -0.355. The molecule has 0 aromatic heterocycles. The molecule has 1 aliphatic rings. The monoisotopic (exact) mass is 340 g/mol. The van der Waals surface area contributed by atoms with Crippen LogP contribution < -0.4 is 0 Å². The van der Waals surface area contributed by atoms with E-state index in [-0.39, 0.29) is 24.4 Å². The lowest BCUT2D eigenvalue weighted by Gasteiger charge is -2.33. The van der Waals surface area contributed by atoms with Crippen molar-refractivity contribution in [1.82, 2.24) is 0 Å². The van der Waals surface area contributed by atoms with E-state index in [0.29, 0.717) is 6.61 Å². The van der Waals surface area contributed by atoms with Gasteiger partial charge in [-0.05, 0) is 38.7 Å². The molecular formula is C20H36O4. The van der Waals surface area contributed by atoms with E-state index in [2.05, 4.69) is 33.4 Å². The van der Waals surface area contributed by atoms with Crippen molar-refractivity contribution in [2.45, 2.75) is 84.2 Å². The Morgan fingerprint density at radius 1 is 1.38 bits per heavy atom. The molecule has 1 rings (SSSR count). The minimum Gasteiger partial charge on any atom is -0.494 e. The van der Waals surface area contributed by atoms with Crippen molar-refractivity contribution in [2.75, 3.05) is 13.2 Å². The molecule has 0 saturated carbocycles. The maximum atomic E-state index is 9.55. The van der Waals surface area contributed by atoms with Gasteiger partial charge in [-0.1, -0.05) is 45.8 Å². The van der Waals surface area contributed by atoms with E-state index in [1.54, 1.807) is 0 Å². The Kier molecular flexibility index (Phi) is 11.1. The summed E-state index contributed by atoms with van der Waals surface area (Å²) in [4.78, 5) is 0. The van der Waals surface area contributed by atoms with Crippen molar-refractivity contribution < 1.29 is 19.3 Å². The minimum absolute atomic E-state index is 0.126. The molecule has 0 aromatic carbocycles. The van der Waals surface area contributed by atoms with Gasteiger partial charge >= 0.3 is 0 Å². The molecule has 4 nitrogen and oxygen atoms in total. The lowest BCUT2D eigenvalue weighted by molar-refractivity contribution is -0.229. The summed E-state index contributed by atoms with van der Waals surface area (Å²) in [7, 11) is 0. The lowest BCUT2D eigenvalue weighted by Crippen LogP contribution is -2.39. The van der Waals surface area contributed by atoms with E-state index >= 15 is 0 Å². The van der Waals surface area contributed by atoms with Gasteiger partial charge in [0, 0.05) is 5.92 Å². The highest BCUT2D eigenvalue weighted by molar-refractivity contribution is 5.06. The molecule has 140 valence electrons. The molecule has 0 unspecified atom stereocenters. The fourth-order valence-corrected chi connectivity index (χ4v) is 2.77. The number of allylic oxidation sites excluding steroid dienone is 2. The van der Waals surface area contributed by atoms with Crippen molar-refractivity contribution >= 4 is 0 Å². The number of hydrogen-bond acceptors (Lipinski definition) is 4. The highest BCUT2D eigenvalue weighted by Gasteiger charge is 2.28. The van der Waals surface area contributed by atoms with Gasteiger partial charge in [-0.15, -0.1) is 0 Å². The Morgan fingerprint density at radius 2 is 2.17 bits per heavy atom. The first-order valence-corrected chi connectivity index (χ1v) is 9.46. The van der Waals surface area contributed by atoms with Gasteiger partial charge in [0.1, 0.15) is 5.76 Å². The van der Waals surface area contributed by atoms with Crippen LogP contribution in [0.3, 0.4) is 0 Å². The first-order valence-electron chi connectivity index (χ1n) is 9.46. The summed E-state index contributed by atoms with van der Waals surface area (Å²) >= 11 is 0. The third-order valence-corrected chi connectivity index (χ3v) is 4.26. The normalized spacial score (nSPS) is 25.8. The molecule has 1 N–H and O–H groups in total. The van der Waals surface area contributed by atoms with Crippen LogP contribution in [0.2, 0.25) is 0 Å². The smallest absolute Gasteiger partial charge is 0.160 e. The summed E-state index contributed by atoms with van der Waals surface area (Å²) < 4.78 is 17.1. The van der Waals surface area contributed by atoms with Crippen LogP contribution >= 0.6 is 0 Å². The molecule has 4 atom stereocenters. The summed E-state index contributed by atoms with van der Waals surface area (Å²) in [6, 6.07) is 0. The van der Waals surface area contributed by atoms with E-state index in [0.717, 1.165) is 38.0 Å². The Labute approximate surface area is 147 Å². The third kappa shape index (κ3) is 9.45. The van der Waals surface area contributed by atoms with E-state index in [4.69, 9.17) is 14.2 Å². The second-order valence-corrected chi connectivity index (χ2v) is 6.87. The standard InChI is InChI=1S/C20H36O4/c1-5-6-7-10-13-22-17(3)11-8-9-12-18(4)24-20-16(2)14-19(21)15-23-20/h8,11,16,18-21H,3,5-7,9-10,12-15H2,1-2,4H3/b11-8+/t16-,18-,19-,20+/m1/s1. The summed E-state index contributed by atoms with van der Waals surface area (Å²) in [5.74, 6) is 0.964. The van der Waals surface area contributed by atoms with Crippen LogP contribution in [-0.4, -0.2) is 36.8 Å². The third-order valence-electron chi connectivity index (χ3n) is 4.26. The molecule has 24 heavy (non-hydrogen) atoms. The number of hydrogen-bond donors (Lipinski definition) is 1. The number of aliphatic hydroxyl groups is 1. The van der Waals surface area contributed by atoms with Gasteiger partial charge in [-0.3, -0.25) is 0 Å². The van der Waals surface area contributed by atoms with Crippen LogP contribution in [0.4, 0.5) is 0 Å². The Bertz CT molecular complexity index is 367. The van der Waals surface area contributed by atoms with Crippen LogP contribution in [0.1, 0.15) is 65.7 Å². The van der Waals surface area contributed by atoms with Crippen molar-refractivity contribution in [1.29, 1.82) is 0 Å². The predicted molar refractivity (Wildman–Crippen MR) is 97.7 cm³/mol. The summed E-state index contributed by atoms with van der Waals surface area (Å²) in [5, 5.41) is 9.55. The van der Waals surface area contributed by atoms with E-state index in [1.807, 2.05) is 6.08 Å². The second kappa shape index (κ2) is 12.5. The molecule has 1 saturated heterocycles. The second-order valence-electron chi connectivity index (χ2n) is 6.87. The molecule has 0 bridgehead atoms. The fraction of sp³-hybridized carbons (Fsp3) is 0.800. The van der Waals surface area contributed by atoms with Gasteiger partial charge in [0.05, 0.1) is 25.4 Å². The van der Waals surface area contributed by atoms with Crippen molar-refractivity contribution in [2.24, 2.45) is 5.92 Å². The molecule has 0 radical (unpaired) electrons. The van der Waals surface area contributed by atoms with Crippen LogP contribution in [-0.2, 0) is 14.2 Å². The SMILES string of the molecule is C=C(/C=C/CC[C@@H](C)O[C@@H]1OC[C@H](O)C[C@H]1C)OCCCCCC. The lowest BCUT2D eigenvalue weighted by atomic mass is 10.0. The average molecular weight is 341 g/mol. The van der Waals surface area contributed by atoms with Crippen molar-refractivity contribution in [3.63, 3.8) is 0 Å². The van der Waals surface area contributed by atoms with E-state index < -0.39 is 0 Å². The van der Waals surface area contributed by atoms with Crippen molar-refractivity contribution in [3.8, 4) is 0 Å². The van der Waals surface area contributed by atoms with Gasteiger partial charge in [-0.25, -0.2) is 0 Å². The predicted octanol–water partition coefficient (Wildman–Crippen LogP) is 4.58. The van der Waals surface area contributed by atoms with Gasteiger partial charge in [0.25, 0.3) is 0 Å². The van der Waals surface area contributed by atoms with Gasteiger partial charge < -0.3 is 19.3 Å². The first-order chi connectivity index (χ1) is 11.5. The fourth-order valence-electron chi connectivity index (χ4n) is 2.77. The summed E-state index contributed by atoms with van der Waals surface area (Å²) in [6.07, 6.45) is 11.0. The Hall–Kier alpha value is -0.840. The highest BCUT2D eigenvalue weighted by atomic mass is 16.7.